The first-order valence-corrected chi connectivity index (χ1v) is 9.37. The molecule has 0 spiro atoms. The molecule has 1 aromatic carbocycles. The standard InChI is InChI=1S/C14H20BrN3O3S.ClH/c1-9-12(6-10(15)7-13(9)22(16,20)21)14(19)18-5-3-4-11(8-18)17-2;/h6-7,11,17H,3-5,8H2,1-2H3,(H2,16,20,21);1H. The lowest BCUT2D eigenvalue weighted by Gasteiger charge is -2.33. The van der Waals surface area contributed by atoms with Crippen molar-refractivity contribution in [1.82, 2.24) is 10.2 Å². The van der Waals surface area contributed by atoms with E-state index in [1.165, 1.54) is 6.07 Å². The number of sulfonamides is 1. The van der Waals surface area contributed by atoms with E-state index in [2.05, 4.69) is 21.2 Å². The first kappa shape index (κ1) is 20.4. The van der Waals surface area contributed by atoms with Crippen molar-refractivity contribution in [3.05, 3.63) is 27.7 Å². The Hall–Kier alpha value is -0.670. The summed E-state index contributed by atoms with van der Waals surface area (Å²) in [6.07, 6.45) is 1.95. The van der Waals surface area contributed by atoms with Gasteiger partial charge >= 0.3 is 0 Å². The van der Waals surface area contributed by atoms with Gasteiger partial charge in [-0.05, 0) is 44.5 Å². The molecule has 1 fully saturated rings. The number of hydrogen-bond donors (Lipinski definition) is 2. The van der Waals surface area contributed by atoms with Crippen LogP contribution in [-0.2, 0) is 10.0 Å². The summed E-state index contributed by atoms with van der Waals surface area (Å²) in [6.45, 7) is 2.90. The fraction of sp³-hybridized carbons (Fsp3) is 0.500. The van der Waals surface area contributed by atoms with Crippen molar-refractivity contribution in [3.8, 4) is 0 Å². The van der Waals surface area contributed by atoms with Crippen LogP contribution in [0.3, 0.4) is 0 Å². The van der Waals surface area contributed by atoms with Gasteiger partial charge in [-0.2, -0.15) is 0 Å². The smallest absolute Gasteiger partial charge is 0.254 e. The summed E-state index contributed by atoms with van der Waals surface area (Å²) < 4.78 is 23.9. The Morgan fingerprint density at radius 3 is 2.65 bits per heavy atom. The summed E-state index contributed by atoms with van der Waals surface area (Å²) in [6, 6.07) is 3.34. The van der Waals surface area contributed by atoms with Crippen molar-refractivity contribution < 1.29 is 13.2 Å². The van der Waals surface area contributed by atoms with Crippen LogP contribution >= 0.6 is 28.3 Å². The minimum atomic E-state index is -3.87. The second-order valence-electron chi connectivity index (χ2n) is 5.50. The van der Waals surface area contributed by atoms with Gasteiger partial charge in [0.2, 0.25) is 10.0 Å². The predicted molar refractivity (Wildman–Crippen MR) is 95.5 cm³/mol. The average molecular weight is 427 g/mol. The number of benzene rings is 1. The number of primary sulfonamides is 1. The van der Waals surface area contributed by atoms with E-state index in [1.807, 2.05) is 7.05 Å². The van der Waals surface area contributed by atoms with Gasteiger partial charge in [0.15, 0.2) is 0 Å². The summed E-state index contributed by atoms with van der Waals surface area (Å²) in [4.78, 5) is 14.5. The number of piperidine rings is 1. The van der Waals surface area contributed by atoms with Crippen LogP contribution in [0.15, 0.2) is 21.5 Å². The van der Waals surface area contributed by atoms with E-state index in [0.29, 0.717) is 28.7 Å². The predicted octanol–water partition coefficient (Wildman–Crippen LogP) is 1.65. The number of hydrogen-bond acceptors (Lipinski definition) is 4. The molecule has 1 unspecified atom stereocenters. The SMILES string of the molecule is CNC1CCCN(C(=O)c2cc(Br)cc(S(N)(=O)=O)c2C)C1.Cl. The van der Waals surface area contributed by atoms with E-state index in [-0.39, 0.29) is 29.3 Å². The maximum Gasteiger partial charge on any atom is 0.254 e. The highest BCUT2D eigenvalue weighted by molar-refractivity contribution is 9.10. The van der Waals surface area contributed by atoms with Crippen molar-refractivity contribution in [2.75, 3.05) is 20.1 Å². The third-order valence-corrected chi connectivity index (χ3v) is 5.47. The van der Waals surface area contributed by atoms with Crippen molar-refractivity contribution in [1.29, 1.82) is 0 Å². The fourth-order valence-electron chi connectivity index (χ4n) is 2.74. The van der Waals surface area contributed by atoms with E-state index in [0.717, 1.165) is 12.8 Å². The number of likely N-dealkylation sites (N-methyl/N-ethyl adjacent to an activating group) is 1. The van der Waals surface area contributed by atoms with Gasteiger partial charge in [0, 0.05) is 29.2 Å². The minimum Gasteiger partial charge on any atom is -0.337 e. The maximum absolute atomic E-state index is 12.8. The van der Waals surface area contributed by atoms with Crippen molar-refractivity contribution in [2.45, 2.75) is 30.7 Å². The third-order valence-electron chi connectivity index (χ3n) is 3.98. The van der Waals surface area contributed by atoms with Gasteiger partial charge < -0.3 is 10.2 Å². The molecule has 1 amide bonds. The third kappa shape index (κ3) is 4.67. The van der Waals surface area contributed by atoms with Crippen LogP contribution in [0.25, 0.3) is 0 Å². The average Bonchev–Trinajstić information content (AvgIpc) is 2.47. The fourth-order valence-corrected chi connectivity index (χ4v) is 4.18. The van der Waals surface area contributed by atoms with E-state index >= 15 is 0 Å². The zero-order valence-electron chi connectivity index (χ0n) is 13.0. The molecule has 1 aromatic rings. The highest BCUT2D eigenvalue weighted by atomic mass is 79.9. The summed E-state index contributed by atoms with van der Waals surface area (Å²) >= 11 is 3.25. The number of likely N-dealkylation sites (tertiary alicyclic amines) is 1. The van der Waals surface area contributed by atoms with Gasteiger partial charge in [-0.15, -0.1) is 12.4 Å². The van der Waals surface area contributed by atoms with Crippen LogP contribution < -0.4 is 10.5 Å². The second-order valence-corrected chi connectivity index (χ2v) is 7.95. The van der Waals surface area contributed by atoms with Crippen LogP contribution in [0, 0.1) is 6.92 Å². The first-order valence-electron chi connectivity index (χ1n) is 7.03. The molecule has 2 rings (SSSR count). The topological polar surface area (TPSA) is 92.5 Å². The molecule has 0 aliphatic carbocycles. The summed E-state index contributed by atoms with van der Waals surface area (Å²) in [5, 5.41) is 8.42. The molecule has 0 saturated carbocycles. The Morgan fingerprint density at radius 2 is 2.09 bits per heavy atom. The number of nitrogens with zero attached hydrogens (tertiary/aromatic N) is 1. The molecule has 1 saturated heterocycles. The van der Waals surface area contributed by atoms with Gasteiger partial charge in [0.25, 0.3) is 5.91 Å². The van der Waals surface area contributed by atoms with E-state index < -0.39 is 10.0 Å². The monoisotopic (exact) mass is 425 g/mol. The van der Waals surface area contributed by atoms with Gasteiger partial charge in [-0.3, -0.25) is 4.79 Å². The molecule has 6 nitrogen and oxygen atoms in total. The largest absolute Gasteiger partial charge is 0.337 e. The lowest BCUT2D eigenvalue weighted by Crippen LogP contribution is -2.47. The normalized spacial score (nSPS) is 18.4. The lowest BCUT2D eigenvalue weighted by atomic mass is 10.0. The molecule has 1 atom stereocenters. The number of nitrogens with one attached hydrogen (secondary N) is 1. The molecule has 0 radical (unpaired) electrons. The quantitative estimate of drug-likeness (QED) is 0.768. The Bertz CT molecular complexity index is 697. The second kappa shape index (κ2) is 7.94. The zero-order valence-corrected chi connectivity index (χ0v) is 16.2. The number of nitrogens with two attached hydrogens (primary N) is 1. The summed E-state index contributed by atoms with van der Waals surface area (Å²) in [5.41, 5.74) is 0.762. The number of amides is 1. The Labute approximate surface area is 151 Å². The van der Waals surface area contributed by atoms with Crippen molar-refractivity contribution >= 4 is 44.3 Å². The van der Waals surface area contributed by atoms with Crippen molar-refractivity contribution in [3.63, 3.8) is 0 Å². The highest BCUT2D eigenvalue weighted by Crippen LogP contribution is 2.26. The molecule has 0 bridgehead atoms. The molecule has 1 aliphatic rings. The number of carbonyl (C=O) groups is 1. The van der Waals surface area contributed by atoms with E-state index in [4.69, 9.17) is 5.14 Å². The zero-order chi connectivity index (χ0) is 16.5. The Morgan fingerprint density at radius 1 is 1.43 bits per heavy atom. The van der Waals surface area contributed by atoms with E-state index in [9.17, 15) is 13.2 Å². The Kier molecular flexibility index (Phi) is 7.03. The van der Waals surface area contributed by atoms with Crippen LogP contribution in [0.2, 0.25) is 0 Å². The minimum absolute atomic E-state index is 0. The van der Waals surface area contributed by atoms with Crippen molar-refractivity contribution in [2.24, 2.45) is 5.14 Å². The van der Waals surface area contributed by atoms with E-state index in [1.54, 1.807) is 17.9 Å². The van der Waals surface area contributed by atoms with Crippen LogP contribution in [0.1, 0.15) is 28.8 Å². The lowest BCUT2D eigenvalue weighted by molar-refractivity contribution is 0.0697. The number of halogens is 2. The summed E-state index contributed by atoms with van der Waals surface area (Å²) in [7, 11) is -1.99. The van der Waals surface area contributed by atoms with Crippen LogP contribution in [0.4, 0.5) is 0 Å². The van der Waals surface area contributed by atoms with Gasteiger partial charge in [-0.1, -0.05) is 15.9 Å². The van der Waals surface area contributed by atoms with Crippen LogP contribution in [0.5, 0.6) is 0 Å². The maximum atomic E-state index is 12.8. The highest BCUT2D eigenvalue weighted by Gasteiger charge is 2.26. The molecule has 3 N–H and O–H groups in total. The van der Waals surface area contributed by atoms with Gasteiger partial charge in [-0.25, -0.2) is 13.6 Å². The van der Waals surface area contributed by atoms with Gasteiger partial charge in [0.1, 0.15) is 0 Å². The summed E-state index contributed by atoms with van der Waals surface area (Å²) in [5.74, 6) is -0.163. The molecule has 0 aromatic heterocycles. The molecular weight excluding hydrogens is 406 g/mol. The molecule has 9 heteroatoms. The Balaban J connectivity index is 0.00000264. The van der Waals surface area contributed by atoms with Gasteiger partial charge in [0.05, 0.1) is 4.90 Å². The molecule has 1 heterocycles. The molecular formula is C14H21BrClN3O3S. The number of rotatable bonds is 3. The molecule has 130 valence electrons. The molecule has 1 aliphatic heterocycles. The first-order chi connectivity index (χ1) is 10.2. The molecule has 23 heavy (non-hydrogen) atoms. The number of carbonyl (C=O) groups excluding carboxylic acids is 1. The van der Waals surface area contributed by atoms with Crippen LogP contribution in [-0.4, -0.2) is 45.4 Å².